The molecular formula is C20H18F2N2O5. The van der Waals surface area contributed by atoms with Crippen molar-refractivity contribution in [1.82, 2.24) is 5.32 Å². The van der Waals surface area contributed by atoms with E-state index in [1.807, 2.05) is 30.3 Å². The summed E-state index contributed by atoms with van der Waals surface area (Å²) in [7, 11) is 0. The Hall–Kier alpha value is -3.46. The number of aliphatic hydroxyl groups excluding tert-OH is 1. The average molecular weight is 404 g/mol. The summed E-state index contributed by atoms with van der Waals surface area (Å²) in [5.41, 5.74) is 5.58. The van der Waals surface area contributed by atoms with E-state index >= 15 is 0 Å². The minimum atomic E-state index is -3.07. The molecule has 1 heterocycles. The first-order valence-electron chi connectivity index (χ1n) is 8.63. The zero-order chi connectivity index (χ0) is 21.0. The number of nitrogens with one attached hydrogen (secondary N) is 1. The van der Waals surface area contributed by atoms with E-state index in [-0.39, 0.29) is 17.6 Å². The summed E-state index contributed by atoms with van der Waals surface area (Å²) in [4.78, 5) is 23.8. The highest BCUT2D eigenvalue weighted by molar-refractivity contribution is 6.08. The molecule has 0 spiro atoms. The van der Waals surface area contributed by atoms with Crippen molar-refractivity contribution in [2.24, 2.45) is 5.73 Å². The normalized spacial score (nSPS) is 12.1. The summed E-state index contributed by atoms with van der Waals surface area (Å²) in [5, 5.41) is 11.4. The smallest absolute Gasteiger partial charge is 0.296 e. The number of rotatable bonds is 8. The molecule has 152 valence electrons. The highest BCUT2D eigenvalue weighted by Gasteiger charge is 2.29. The quantitative estimate of drug-likeness (QED) is 0.534. The molecule has 0 saturated heterocycles. The molecule has 1 atom stereocenters. The number of ether oxygens (including phenoxy) is 1. The molecule has 29 heavy (non-hydrogen) atoms. The minimum absolute atomic E-state index is 0.0529. The van der Waals surface area contributed by atoms with Gasteiger partial charge in [0, 0.05) is 5.39 Å². The number of primary amides is 1. The third-order valence-corrected chi connectivity index (χ3v) is 4.19. The number of amides is 2. The highest BCUT2D eigenvalue weighted by Crippen LogP contribution is 2.34. The fraction of sp³-hybridized carbons (Fsp3) is 0.200. The molecule has 1 aromatic heterocycles. The lowest BCUT2D eigenvalue weighted by atomic mass is 10.1. The Morgan fingerprint density at radius 1 is 1.17 bits per heavy atom. The van der Waals surface area contributed by atoms with E-state index in [2.05, 4.69) is 5.32 Å². The number of aliphatic hydroxyl groups is 1. The molecule has 4 N–H and O–H groups in total. The first kappa shape index (κ1) is 20.3. The molecule has 3 rings (SSSR count). The number of hydrogen-bond donors (Lipinski definition) is 3. The fourth-order valence-electron chi connectivity index (χ4n) is 2.75. The Labute approximate surface area is 164 Å². The maximum Gasteiger partial charge on any atom is 0.296 e. The molecule has 0 aliphatic rings. The van der Waals surface area contributed by atoms with Crippen LogP contribution < -0.4 is 15.8 Å². The average Bonchev–Trinajstić information content (AvgIpc) is 3.10. The predicted molar refractivity (Wildman–Crippen MR) is 99.5 cm³/mol. The molecule has 3 aromatic rings. The van der Waals surface area contributed by atoms with Gasteiger partial charge in [-0.2, -0.15) is 0 Å². The number of carbonyl (C=O) groups is 2. The van der Waals surface area contributed by atoms with Crippen LogP contribution in [0.1, 0.15) is 28.1 Å². The van der Waals surface area contributed by atoms with E-state index in [0.717, 1.165) is 5.56 Å². The van der Waals surface area contributed by atoms with E-state index < -0.39 is 42.2 Å². The van der Waals surface area contributed by atoms with Crippen LogP contribution in [0.3, 0.4) is 0 Å². The van der Waals surface area contributed by atoms with Crippen LogP contribution in [0.4, 0.5) is 8.78 Å². The van der Waals surface area contributed by atoms with E-state index in [1.54, 1.807) is 0 Å². The van der Waals surface area contributed by atoms with Gasteiger partial charge in [0.2, 0.25) is 5.91 Å². The van der Waals surface area contributed by atoms with Gasteiger partial charge in [0.1, 0.15) is 24.0 Å². The number of hydrogen-bond acceptors (Lipinski definition) is 5. The van der Waals surface area contributed by atoms with Crippen LogP contribution in [0.15, 0.2) is 52.9 Å². The molecule has 0 aliphatic heterocycles. The summed E-state index contributed by atoms with van der Waals surface area (Å²) in [6, 6.07) is 12.2. The summed E-state index contributed by atoms with van der Waals surface area (Å²) >= 11 is 0. The van der Waals surface area contributed by atoms with Crippen molar-refractivity contribution in [3.8, 4) is 5.75 Å². The predicted octanol–water partition coefficient (Wildman–Crippen LogP) is 2.53. The summed E-state index contributed by atoms with van der Waals surface area (Å²) in [5.74, 6) is -2.53. The Bertz CT molecular complexity index is 1020. The van der Waals surface area contributed by atoms with Gasteiger partial charge in [-0.1, -0.05) is 30.3 Å². The molecule has 0 saturated carbocycles. The van der Waals surface area contributed by atoms with Crippen molar-refractivity contribution >= 4 is 22.8 Å². The Morgan fingerprint density at radius 2 is 1.90 bits per heavy atom. The summed E-state index contributed by atoms with van der Waals surface area (Å²) in [6.07, 6.45) is -3.07. The Morgan fingerprint density at radius 3 is 2.52 bits per heavy atom. The first-order valence-corrected chi connectivity index (χ1v) is 8.63. The van der Waals surface area contributed by atoms with E-state index in [1.165, 1.54) is 18.2 Å². The second kappa shape index (κ2) is 8.70. The first-order chi connectivity index (χ1) is 13.9. The van der Waals surface area contributed by atoms with Gasteiger partial charge in [0.15, 0.2) is 5.76 Å². The van der Waals surface area contributed by atoms with E-state index in [0.29, 0.717) is 5.75 Å². The van der Waals surface area contributed by atoms with Gasteiger partial charge in [0.25, 0.3) is 12.3 Å². The van der Waals surface area contributed by atoms with Gasteiger partial charge in [-0.05, 0) is 23.8 Å². The van der Waals surface area contributed by atoms with Crippen LogP contribution in [-0.4, -0.2) is 29.6 Å². The maximum atomic E-state index is 13.4. The van der Waals surface area contributed by atoms with Gasteiger partial charge >= 0.3 is 0 Å². The monoisotopic (exact) mass is 404 g/mol. The zero-order valence-corrected chi connectivity index (χ0v) is 15.1. The second-order valence-corrected chi connectivity index (χ2v) is 6.19. The molecule has 0 fully saturated rings. The van der Waals surface area contributed by atoms with E-state index in [9.17, 15) is 18.4 Å². The van der Waals surface area contributed by atoms with Gasteiger partial charge in [0.05, 0.1) is 12.2 Å². The van der Waals surface area contributed by atoms with Crippen molar-refractivity contribution in [1.29, 1.82) is 0 Å². The lowest BCUT2D eigenvalue weighted by molar-refractivity contribution is -0.120. The molecule has 0 radical (unpaired) electrons. The molecule has 7 nitrogen and oxygen atoms in total. The SMILES string of the molecule is NC(=O)C(CO)NC(=O)c1c(C(F)F)oc2ccc(OCc3ccccc3)cc12. The molecule has 2 amide bonds. The van der Waals surface area contributed by atoms with Gasteiger partial charge in [-0.25, -0.2) is 8.78 Å². The lowest BCUT2D eigenvalue weighted by Crippen LogP contribution is -2.46. The lowest BCUT2D eigenvalue weighted by Gasteiger charge is -2.12. The number of carbonyl (C=O) groups excluding carboxylic acids is 2. The number of alkyl halides is 2. The third-order valence-electron chi connectivity index (χ3n) is 4.19. The molecular weight excluding hydrogens is 386 g/mol. The topological polar surface area (TPSA) is 115 Å². The number of fused-ring (bicyclic) bond motifs is 1. The fourth-order valence-corrected chi connectivity index (χ4v) is 2.75. The molecule has 0 aliphatic carbocycles. The van der Waals surface area contributed by atoms with Crippen molar-refractivity contribution in [3.05, 3.63) is 65.4 Å². The van der Waals surface area contributed by atoms with Gasteiger partial charge in [-0.3, -0.25) is 9.59 Å². The number of halogens is 2. The minimum Gasteiger partial charge on any atom is -0.489 e. The van der Waals surface area contributed by atoms with Crippen LogP contribution in [0.5, 0.6) is 5.75 Å². The summed E-state index contributed by atoms with van der Waals surface area (Å²) in [6.45, 7) is -0.534. The van der Waals surface area contributed by atoms with Crippen molar-refractivity contribution in [3.63, 3.8) is 0 Å². The zero-order valence-electron chi connectivity index (χ0n) is 15.1. The molecule has 9 heteroatoms. The van der Waals surface area contributed by atoms with Crippen molar-refractivity contribution in [2.45, 2.75) is 19.1 Å². The highest BCUT2D eigenvalue weighted by atomic mass is 19.3. The van der Waals surface area contributed by atoms with Crippen LogP contribution in [-0.2, 0) is 11.4 Å². The van der Waals surface area contributed by atoms with Gasteiger partial charge < -0.3 is 25.3 Å². The Balaban J connectivity index is 1.94. The second-order valence-electron chi connectivity index (χ2n) is 6.19. The Kier molecular flexibility index (Phi) is 6.08. The van der Waals surface area contributed by atoms with Crippen molar-refractivity contribution < 1.29 is 32.6 Å². The van der Waals surface area contributed by atoms with Crippen LogP contribution in [0.25, 0.3) is 11.0 Å². The van der Waals surface area contributed by atoms with Crippen LogP contribution >= 0.6 is 0 Å². The standard InChI is InChI=1S/C20H18F2N2O5/c21-18(22)17-16(20(27)24-14(9-25)19(23)26)13-8-12(6-7-15(13)29-17)28-10-11-4-2-1-3-5-11/h1-8,14,18,25H,9-10H2,(H2,23,26)(H,24,27). The summed E-state index contributed by atoms with van der Waals surface area (Å²) < 4.78 is 37.7. The number of furan rings is 1. The maximum absolute atomic E-state index is 13.4. The van der Waals surface area contributed by atoms with E-state index in [4.69, 9.17) is 20.0 Å². The van der Waals surface area contributed by atoms with Crippen LogP contribution in [0.2, 0.25) is 0 Å². The third kappa shape index (κ3) is 4.52. The molecule has 0 bridgehead atoms. The largest absolute Gasteiger partial charge is 0.489 e. The van der Waals surface area contributed by atoms with Gasteiger partial charge in [-0.15, -0.1) is 0 Å². The number of nitrogens with two attached hydrogens (primary N) is 1. The van der Waals surface area contributed by atoms with Crippen LogP contribution in [0, 0.1) is 0 Å². The molecule has 1 unspecified atom stereocenters. The van der Waals surface area contributed by atoms with Crippen molar-refractivity contribution in [2.75, 3.05) is 6.61 Å². The molecule has 2 aromatic carbocycles. The number of benzene rings is 2.